The molecule has 0 bridgehead atoms. The average molecular weight is 243 g/mol. The molecule has 1 heterocycles. The van der Waals surface area contributed by atoms with Gasteiger partial charge in [0.25, 0.3) is 0 Å². The Morgan fingerprint density at radius 2 is 2.35 bits per heavy atom. The molecular weight excluding hydrogens is 218 g/mol. The van der Waals surface area contributed by atoms with Crippen molar-refractivity contribution in [2.45, 2.75) is 13.3 Å². The number of methoxy groups -OCH3 is 1. The van der Waals surface area contributed by atoms with E-state index in [1.165, 1.54) is 13.0 Å². The molecule has 0 saturated carbocycles. The number of amides is 1. The molecule has 1 unspecified atom stereocenters. The highest BCUT2D eigenvalue weighted by atomic mass is 16.5. The fraction of sp³-hybridized carbons (Fsp3) is 0.917. The van der Waals surface area contributed by atoms with Gasteiger partial charge in [0, 0.05) is 26.7 Å². The maximum atomic E-state index is 11.5. The zero-order chi connectivity index (χ0) is 12.5. The molecule has 1 atom stereocenters. The summed E-state index contributed by atoms with van der Waals surface area (Å²) in [5, 5.41) is 6.01. The van der Waals surface area contributed by atoms with Crippen LogP contribution in [0.2, 0.25) is 0 Å². The van der Waals surface area contributed by atoms with E-state index >= 15 is 0 Å². The van der Waals surface area contributed by atoms with Crippen molar-refractivity contribution >= 4 is 5.91 Å². The fourth-order valence-corrected chi connectivity index (χ4v) is 2.06. The van der Waals surface area contributed by atoms with Crippen molar-refractivity contribution < 1.29 is 9.53 Å². The molecule has 1 aliphatic rings. The van der Waals surface area contributed by atoms with E-state index in [1.807, 2.05) is 0 Å². The summed E-state index contributed by atoms with van der Waals surface area (Å²) in [7, 11) is 1.65. The molecule has 5 heteroatoms. The number of rotatable bonds is 8. The largest absolute Gasteiger partial charge is 0.383 e. The molecule has 17 heavy (non-hydrogen) atoms. The Bertz CT molecular complexity index is 224. The minimum absolute atomic E-state index is 0.0797. The number of hydrogen-bond acceptors (Lipinski definition) is 4. The van der Waals surface area contributed by atoms with E-state index in [2.05, 4.69) is 22.5 Å². The Kier molecular flexibility index (Phi) is 7.16. The molecule has 100 valence electrons. The van der Waals surface area contributed by atoms with E-state index in [1.54, 1.807) is 7.11 Å². The van der Waals surface area contributed by atoms with Crippen LogP contribution in [0.1, 0.15) is 13.3 Å². The normalized spacial score (nSPS) is 20.7. The molecule has 5 nitrogen and oxygen atoms in total. The van der Waals surface area contributed by atoms with Crippen molar-refractivity contribution in [2.24, 2.45) is 5.92 Å². The van der Waals surface area contributed by atoms with Gasteiger partial charge in [-0.05, 0) is 25.4 Å². The van der Waals surface area contributed by atoms with Crippen molar-refractivity contribution in [1.29, 1.82) is 0 Å². The maximum Gasteiger partial charge on any atom is 0.233 e. The number of nitrogens with zero attached hydrogens (tertiary/aromatic N) is 1. The molecule has 0 radical (unpaired) electrons. The molecule has 1 rings (SSSR count). The number of carbonyl (C=O) groups excluding carboxylic acids is 1. The first-order chi connectivity index (χ1) is 8.26. The summed E-state index contributed by atoms with van der Waals surface area (Å²) >= 11 is 0. The van der Waals surface area contributed by atoms with Crippen molar-refractivity contribution in [2.75, 3.05) is 53.0 Å². The molecular formula is C12H25N3O2. The van der Waals surface area contributed by atoms with Crippen LogP contribution in [-0.2, 0) is 9.53 Å². The van der Waals surface area contributed by atoms with E-state index < -0.39 is 0 Å². The summed E-state index contributed by atoms with van der Waals surface area (Å²) in [5.41, 5.74) is 0. The van der Waals surface area contributed by atoms with E-state index in [4.69, 9.17) is 4.74 Å². The van der Waals surface area contributed by atoms with Crippen LogP contribution in [0.3, 0.4) is 0 Å². The molecule has 1 aliphatic heterocycles. The highest BCUT2D eigenvalue weighted by Gasteiger charge is 2.21. The fourth-order valence-electron chi connectivity index (χ4n) is 2.06. The Morgan fingerprint density at radius 3 is 3.00 bits per heavy atom. The summed E-state index contributed by atoms with van der Waals surface area (Å²) in [5.74, 6) is 0.703. The lowest BCUT2D eigenvalue weighted by molar-refractivity contribution is -0.120. The van der Waals surface area contributed by atoms with Gasteiger partial charge in [0.1, 0.15) is 0 Å². The van der Waals surface area contributed by atoms with Crippen LogP contribution in [0.15, 0.2) is 0 Å². The lowest BCUT2D eigenvalue weighted by atomic mass is 10.1. The van der Waals surface area contributed by atoms with Gasteiger partial charge >= 0.3 is 0 Å². The minimum atomic E-state index is 0.0797. The summed E-state index contributed by atoms with van der Waals surface area (Å²) in [6.07, 6.45) is 1.20. The van der Waals surface area contributed by atoms with Gasteiger partial charge in [-0.1, -0.05) is 6.92 Å². The SMILES string of the molecule is CCN1CCC(CNC(=O)CNCCOC)C1. The van der Waals surface area contributed by atoms with Crippen LogP contribution in [0.25, 0.3) is 0 Å². The molecule has 0 aromatic rings. The van der Waals surface area contributed by atoms with Crippen LogP contribution in [0, 0.1) is 5.92 Å². The van der Waals surface area contributed by atoms with Crippen molar-refractivity contribution in [3.8, 4) is 0 Å². The van der Waals surface area contributed by atoms with Gasteiger partial charge in [0.2, 0.25) is 5.91 Å². The number of carbonyl (C=O) groups is 1. The summed E-state index contributed by atoms with van der Waals surface area (Å²) in [6, 6.07) is 0. The molecule has 2 N–H and O–H groups in total. The second-order valence-corrected chi connectivity index (χ2v) is 4.52. The van der Waals surface area contributed by atoms with Gasteiger partial charge in [-0.2, -0.15) is 0 Å². The van der Waals surface area contributed by atoms with Crippen LogP contribution in [0.5, 0.6) is 0 Å². The molecule has 0 aromatic carbocycles. The highest BCUT2D eigenvalue weighted by Crippen LogP contribution is 2.14. The summed E-state index contributed by atoms with van der Waals surface area (Å²) < 4.78 is 4.89. The van der Waals surface area contributed by atoms with Crippen LogP contribution < -0.4 is 10.6 Å². The first-order valence-electron chi connectivity index (χ1n) is 6.45. The molecule has 0 aromatic heterocycles. The number of ether oxygens (including phenoxy) is 1. The molecule has 1 amide bonds. The third kappa shape index (κ3) is 6.00. The van der Waals surface area contributed by atoms with Gasteiger partial charge < -0.3 is 20.3 Å². The lowest BCUT2D eigenvalue weighted by Gasteiger charge is -2.13. The monoisotopic (exact) mass is 243 g/mol. The third-order valence-electron chi connectivity index (χ3n) is 3.17. The second-order valence-electron chi connectivity index (χ2n) is 4.52. The topological polar surface area (TPSA) is 53.6 Å². The van der Waals surface area contributed by atoms with Gasteiger partial charge in [-0.25, -0.2) is 0 Å². The van der Waals surface area contributed by atoms with Crippen LogP contribution in [-0.4, -0.2) is 63.8 Å². The predicted octanol–water partition coefficient (Wildman–Crippen LogP) is -0.320. The number of nitrogens with one attached hydrogen (secondary N) is 2. The Morgan fingerprint density at radius 1 is 1.53 bits per heavy atom. The van der Waals surface area contributed by atoms with E-state index in [9.17, 15) is 4.79 Å². The van der Waals surface area contributed by atoms with Crippen molar-refractivity contribution in [3.63, 3.8) is 0 Å². The average Bonchev–Trinajstić information content (AvgIpc) is 2.80. The highest BCUT2D eigenvalue weighted by molar-refractivity contribution is 5.77. The van der Waals surface area contributed by atoms with Gasteiger partial charge in [0.05, 0.1) is 13.2 Å². The van der Waals surface area contributed by atoms with Crippen LogP contribution >= 0.6 is 0 Å². The molecule has 0 aliphatic carbocycles. The van der Waals surface area contributed by atoms with Crippen molar-refractivity contribution in [3.05, 3.63) is 0 Å². The van der Waals surface area contributed by atoms with Gasteiger partial charge in [0.15, 0.2) is 0 Å². The zero-order valence-electron chi connectivity index (χ0n) is 11.0. The molecule has 0 spiro atoms. The van der Waals surface area contributed by atoms with E-state index in [0.717, 1.165) is 26.2 Å². The molecule has 1 fully saturated rings. The maximum absolute atomic E-state index is 11.5. The zero-order valence-corrected chi connectivity index (χ0v) is 11.0. The van der Waals surface area contributed by atoms with Gasteiger partial charge in [-0.3, -0.25) is 4.79 Å². The third-order valence-corrected chi connectivity index (χ3v) is 3.17. The summed E-state index contributed by atoms with van der Waals surface area (Å²) in [6.45, 7) is 8.13. The second kappa shape index (κ2) is 8.44. The Balaban J connectivity index is 2.00. The predicted molar refractivity (Wildman–Crippen MR) is 68.0 cm³/mol. The molecule has 1 saturated heterocycles. The first-order valence-corrected chi connectivity index (χ1v) is 6.45. The van der Waals surface area contributed by atoms with Crippen LogP contribution in [0.4, 0.5) is 0 Å². The quantitative estimate of drug-likeness (QED) is 0.574. The smallest absolute Gasteiger partial charge is 0.233 e. The van der Waals surface area contributed by atoms with E-state index in [0.29, 0.717) is 19.1 Å². The van der Waals surface area contributed by atoms with Crippen molar-refractivity contribution in [1.82, 2.24) is 15.5 Å². The minimum Gasteiger partial charge on any atom is -0.383 e. The number of likely N-dealkylation sites (tertiary alicyclic amines) is 1. The standard InChI is InChI=1S/C12H25N3O2/c1-3-15-6-4-11(10-15)8-14-12(16)9-13-5-7-17-2/h11,13H,3-10H2,1-2H3,(H,14,16). The lowest BCUT2D eigenvalue weighted by Crippen LogP contribution is -2.38. The van der Waals surface area contributed by atoms with Gasteiger partial charge in [-0.15, -0.1) is 0 Å². The summed E-state index contributed by atoms with van der Waals surface area (Å²) in [4.78, 5) is 13.9. The van der Waals surface area contributed by atoms with E-state index in [-0.39, 0.29) is 5.91 Å². The Hall–Kier alpha value is -0.650. The number of hydrogen-bond donors (Lipinski definition) is 2. The first kappa shape index (κ1) is 14.4. The Labute approximate surface area is 104 Å².